The zero-order valence-electron chi connectivity index (χ0n) is 16.0. The third-order valence-corrected chi connectivity index (χ3v) is 5.53. The molecule has 3 rings (SSSR count). The average molecular weight is 392 g/mol. The molecule has 0 amide bonds. The van der Waals surface area contributed by atoms with Gasteiger partial charge in [-0.05, 0) is 18.1 Å². The number of esters is 1. The second-order valence-electron chi connectivity index (χ2n) is 7.58. The molecular formula is C22H26F2O4. The van der Waals surface area contributed by atoms with E-state index < -0.39 is 18.1 Å². The van der Waals surface area contributed by atoms with Gasteiger partial charge in [-0.15, -0.1) is 0 Å². The minimum Gasteiger partial charge on any atom is -0.462 e. The second-order valence-corrected chi connectivity index (χ2v) is 7.58. The maximum atomic E-state index is 14.0. The molecule has 0 radical (unpaired) electrons. The summed E-state index contributed by atoms with van der Waals surface area (Å²) in [6.45, 7) is 2.19. The molecule has 4 nitrogen and oxygen atoms in total. The molecule has 0 N–H and O–H groups in total. The van der Waals surface area contributed by atoms with Gasteiger partial charge in [-0.25, -0.2) is 0 Å². The first-order chi connectivity index (χ1) is 13.4. The van der Waals surface area contributed by atoms with E-state index in [2.05, 4.69) is 0 Å². The van der Waals surface area contributed by atoms with Crippen LogP contribution in [-0.4, -0.2) is 29.9 Å². The maximum Gasteiger partial charge on any atom is 0.309 e. The molecule has 28 heavy (non-hydrogen) atoms. The van der Waals surface area contributed by atoms with E-state index >= 15 is 0 Å². The van der Waals surface area contributed by atoms with Gasteiger partial charge in [-0.2, -0.15) is 8.78 Å². The normalized spacial score (nSPS) is 27.2. The van der Waals surface area contributed by atoms with Crippen molar-refractivity contribution in [1.29, 1.82) is 0 Å². The van der Waals surface area contributed by atoms with E-state index in [-0.39, 0.29) is 36.4 Å². The van der Waals surface area contributed by atoms with Gasteiger partial charge in [0.2, 0.25) is 5.78 Å². The quantitative estimate of drug-likeness (QED) is 0.459. The summed E-state index contributed by atoms with van der Waals surface area (Å²) in [5.74, 6) is -5.26. The average Bonchev–Trinajstić information content (AvgIpc) is 3.19. The van der Waals surface area contributed by atoms with Crippen LogP contribution in [0.5, 0.6) is 0 Å². The highest BCUT2D eigenvalue weighted by atomic mass is 19.3. The molecule has 1 saturated heterocycles. The van der Waals surface area contributed by atoms with Crippen LogP contribution in [-0.2, 0) is 25.7 Å². The van der Waals surface area contributed by atoms with E-state index in [0.717, 1.165) is 11.6 Å². The number of ketones is 1. The van der Waals surface area contributed by atoms with Gasteiger partial charge in [0.25, 0.3) is 0 Å². The first-order valence-electron chi connectivity index (χ1n) is 9.86. The number of allylic oxidation sites excluding steroid dienone is 1. The SMILES string of the molecule is CCCCC(F)(F)C(=O)C=CC1C(OCc2ccccc2)CC2OC(=O)CC21. The molecule has 0 aromatic heterocycles. The summed E-state index contributed by atoms with van der Waals surface area (Å²) in [6, 6.07) is 9.63. The number of carbonyl (C=O) groups excluding carboxylic acids is 2. The van der Waals surface area contributed by atoms with Crippen molar-refractivity contribution in [2.24, 2.45) is 11.8 Å². The molecule has 4 atom stereocenters. The lowest BCUT2D eigenvalue weighted by Crippen LogP contribution is -2.27. The number of carbonyl (C=O) groups is 2. The van der Waals surface area contributed by atoms with Gasteiger partial charge in [-0.1, -0.05) is 49.8 Å². The Balaban J connectivity index is 1.68. The molecule has 2 aliphatic rings. The van der Waals surface area contributed by atoms with Crippen molar-refractivity contribution in [3.63, 3.8) is 0 Å². The Kier molecular flexibility index (Phi) is 6.60. The Bertz CT molecular complexity index is 717. The third-order valence-electron chi connectivity index (χ3n) is 5.53. The number of ether oxygens (including phenoxy) is 2. The molecule has 152 valence electrons. The van der Waals surface area contributed by atoms with Gasteiger partial charge in [0.15, 0.2) is 0 Å². The number of benzene rings is 1. The third kappa shape index (κ3) is 4.85. The Morgan fingerprint density at radius 3 is 2.79 bits per heavy atom. The van der Waals surface area contributed by atoms with Gasteiger partial charge >= 0.3 is 11.9 Å². The second kappa shape index (κ2) is 8.95. The number of hydrogen-bond acceptors (Lipinski definition) is 4. The highest BCUT2D eigenvalue weighted by Gasteiger charge is 2.50. The van der Waals surface area contributed by atoms with E-state index in [0.29, 0.717) is 25.9 Å². The van der Waals surface area contributed by atoms with E-state index in [1.54, 1.807) is 6.92 Å². The predicted molar refractivity (Wildman–Crippen MR) is 99.7 cm³/mol. The van der Waals surface area contributed by atoms with Crippen LogP contribution in [0, 0.1) is 11.8 Å². The number of fused-ring (bicyclic) bond motifs is 1. The summed E-state index contributed by atoms with van der Waals surface area (Å²) >= 11 is 0. The van der Waals surface area contributed by atoms with E-state index in [9.17, 15) is 18.4 Å². The number of hydrogen-bond donors (Lipinski definition) is 0. The van der Waals surface area contributed by atoms with Gasteiger partial charge in [-0.3, -0.25) is 9.59 Å². The summed E-state index contributed by atoms with van der Waals surface area (Å²) < 4.78 is 39.3. The Morgan fingerprint density at radius 2 is 2.07 bits per heavy atom. The minimum absolute atomic E-state index is 0.137. The summed E-state index contributed by atoms with van der Waals surface area (Å²) in [6.07, 6.45) is 3.12. The van der Waals surface area contributed by atoms with Crippen LogP contribution in [0.1, 0.15) is 44.6 Å². The van der Waals surface area contributed by atoms with Crippen molar-refractivity contribution in [3.8, 4) is 0 Å². The first-order valence-corrected chi connectivity index (χ1v) is 9.86. The number of rotatable bonds is 9. The lowest BCUT2D eigenvalue weighted by molar-refractivity contribution is -0.142. The molecular weight excluding hydrogens is 366 g/mol. The first kappa shape index (κ1) is 20.6. The predicted octanol–water partition coefficient (Wildman–Crippen LogP) is 4.47. The fourth-order valence-corrected chi connectivity index (χ4v) is 3.96. The maximum absolute atomic E-state index is 14.0. The highest BCUT2D eigenvalue weighted by Crippen LogP contribution is 2.43. The summed E-state index contributed by atoms with van der Waals surface area (Å²) in [5.41, 5.74) is 1.00. The molecule has 1 aromatic rings. The van der Waals surface area contributed by atoms with Crippen LogP contribution >= 0.6 is 0 Å². The molecule has 1 heterocycles. The minimum atomic E-state index is -3.35. The molecule has 2 fully saturated rings. The molecule has 1 aromatic carbocycles. The molecule has 6 heteroatoms. The van der Waals surface area contributed by atoms with E-state index in [1.807, 2.05) is 30.3 Å². The van der Waals surface area contributed by atoms with Crippen molar-refractivity contribution in [3.05, 3.63) is 48.0 Å². The number of alkyl halides is 2. The monoisotopic (exact) mass is 392 g/mol. The molecule has 0 spiro atoms. The van der Waals surface area contributed by atoms with Crippen LogP contribution in [0.3, 0.4) is 0 Å². The van der Waals surface area contributed by atoms with Gasteiger partial charge in [0.1, 0.15) is 6.10 Å². The van der Waals surface area contributed by atoms with Gasteiger partial charge < -0.3 is 9.47 Å². The fourth-order valence-electron chi connectivity index (χ4n) is 3.96. The Labute approximate surface area is 163 Å². The Hall–Kier alpha value is -2.08. The van der Waals surface area contributed by atoms with Crippen LogP contribution in [0.15, 0.2) is 42.5 Å². The van der Waals surface area contributed by atoms with Crippen molar-refractivity contribution in [1.82, 2.24) is 0 Å². The summed E-state index contributed by atoms with van der Waals surface area (Å²) in [4.78, 5) is 23.6. The fraction of sp³-hybridized carbons (Fsp3) is 0.545. The lowest BCUT2D eigenvalue weighted by atomic mass is 9.91. The number of unbranched alkanes of at least 4 members (excludes halogenated alkanes) is 1. The largest absolute Gasteiger partial charge is 0.462 e. The van der Waals surface area contributed by atoms with Crippen LogP contribution < -0.4 is 0 Å². The molecule has 0 bridgehead atoms. The van der Waals surface area contributed by atoms with Crippen molar-refractivity contribution >= 4 is 11.8 Å². The van der Waals surface area contributed by atoms with E-state index in [4.69, 9.17) is 9.47 Å². The topological polar surface area (TPSA) is 52.6 Å². The molecule has 4 unspecified atom stereocenters. The Morgan fingerprint density at radius 1 is 1.32 bits per heavy atom. The smallest absolute Gasteiger partial charge is 0.309 e. The van der Waals surface area contributed by atoms with Crippen molar-refractivity contribution in [2.45, 2.75) is 63.8 Å². The van der Waals surface area contributed by atoms with Crippen molar-refractivity contribution < 1.29 is 27.8 Å². The van der Waals surface area contributed by atoms with Crippen LogP contribution in [0.25, 0.3) is 0 Å². The van der Waals surface area contributed by atoms with E-state index in [1.165, 1.54) is 6.08 Å². The van der Waals surface area contributed by atoms with Gasteiger partial charge in [0.05, 0.1) is 19.1 Å². The standard InChI is InChI=1S/C22H26F2O4/c1-2-3-11-22(23,24)20(25)10-9-16-17-12-21(26)28-19(17)13-18(16)27-14-15-7-5-4-6-8-15/h4-10,16-19H,2-3,11-14H2,1H3. The van der Waals surface area contributed by atoms with Crippen molar-refractivity contribution in [2.75, 3.05) is 0 Å². The summed E-state index contributed by atoms with van der Waals surface area (Å²) in [7, 11) is 0. The molecule has 1 aliphatic carbocycles. The van der Waals surface area contributed by atoms with Crippen LogP contribution in [0.2, 0.25) is 0 Å². The zero-order chi connectivity index (χ0) is 20.1. The lowest BCUT2D eigenvalue weighted by Gasteiger charge is -2.20. The molecule has 1 aliphatic heterocycles. The summed E-state index contributed by atoms with van der Waals surface area (Å²) in [5, 5.41) is 0. The highest BCUT2D eigenvalue weighted by molar-refractivity contribution is 5.95. The number of halogens is 2. The zero-order valence-corrected chi connectivity index (χ0v) is 16.0. The van der Waals surface area contributed by atoms with Crippen LogP contribution in [0.4, 0.5) is 8.78 Å². The van der Waals surface area contributed by atoms with Gasteiger partial charge in [0, 0.05) is 24.7 Å². The molecule has 1 saturated carbocycles.